The normalized spacial score (nSPS) is 9.47. The molecule has 0 aromatic heterocycles. The molecule has 0 radical (unpaired) electrons. The summed E-state index contributed by atoms with van der Waals surface area (Å²) in [5, 5.41) is 8.96. The molecule has 0 aliphatic rings. The van der Waals surface area contributed by atoms with Crippen LogP contribution in [0.3, 0.4) is 0 Å². The number of amides is 1. The topological polar surface area (TPSA) is 53.3 Å². The molecule has 0 aliphatic carbocycles. The van der Waals surface area contributed by atoms with Crippen LogP contribution in [0.1, 0.15) is 12.0 Å². The Balaban J connectivity index is 2.43. The maximum absolute atomic E-state index is 11.5. The smallest absolute Gasteiger partial charge is 0.409 e. The molecule has 0 heterocycles. The lowest BCUT2D eigenvalue weighted by molar-refractivity contribution is 0.105. The molecule has 1 aromatic rings. The van der Waals surface area contributed by atoms with E-state index in [9.17, 15) is 4.79 Å². The van der Waals surface area contributed by atoms with Crippen molar-refractivity contribution in [3.63, 3.8) is 0 Å². The van der Waals surface area contributed by atoms with Crippen molar-refractivity contribution in [1.82, 2.24) is 4.90 Å². The first-order valence-corrected chi connectivity index (χ1v) is 5.51. The summed E-state index contributed by atoms with van der Waals surface area (Å²) >= 11 is 5.92. The van der Waals surface area contributed by atoms with Gasteiger partial charge in [0, 0.05) is 24.2 Å². The second kappa shape index (κ2) is 6.77. The zero-order valence-electron chi connectivity index (χ0n) is 9.52. The molecular formula is C12H13ClN2O2. The van der Waals surface area contributed by atoms with E-state index in [2.05, 4.69) is 0 Å². The minimum absolute atomic E-state index is 0.134. The predicted octanol–water partition coefficient (Wildman–Crippen LogP) is 2.82. The van der Waals surface area contributed by atoms with Crippen LogP contribution in [0.25, 0.3) is 0 Å². The Morgan fingerprint density at radius 3 is 2.88 bits per heavy atom. The van der Waals surface area contributed by atoms with Crippen molar-refractivity contribution in [2.75, 3.05) is 13.6 Å². The molecule has 1 aromatic carbocycles. The van der Waals surface area contributed by atoms with E-state index in [0.717, 1.165) is 5.56 Å². The SMILES string of the molecule is CN(CCC#N)C(=O)OCc1ccccc1Cl. The van der Waals surface area contributed by atoms with Gasteiger partial charge in [0.25, 0.3) is 0 Å². The molecular weight excluding hydrogens is 240 g/mol. The monoisotopic (exact) mass is 252 g/mol. The Labute approximate surface area is 105 Å². The molecule has 1 rings (SSSR count). The van der Waals surface area contributed by atoms with Crippen molar-refractivity contribution in [3.8, 4) is 6.07 Å². The molecule has 0 fully saturated rings. The van der Waals surface area contributed by atoms with Crippen LogP contribution >= 0.6 is 11.6 Å². The van der Waals surface area contributed by atoms with Gasteiger partial charge >= 0.3 is 6.09 Å². The number of hydrogen-bond donors (Lipinski definition) is 0. The zero-order valence-corrected chi connectivity index (χ0v) is 10.3. The third-order valence-corrected chi connectivity index (χ3v) is 2.55. The number of rotatable bonds is 4. The highest BCUT2D eigenvalue weighted by molar-refractivity contribution is 6.31. The van der Waals surface area contributed by atoms with Crippen LogP contribution in [-0.2, 0) is 11.3 Å². The van der Waals surface area contributed by atoms with Crippen molar-refractivity contribution in [2.24, 2.45) is 0 Å². The number of nitrogens with zero attached hydrogens (tertiary/aromatic N) is 2. The summed E-state index contributed by atoms with van der Waals surface area (Å²) in [5.74, 6) is 0. The van der Waals surface area contributed by atoms with Gasteiger partial charge in [0.05, 0.1) is 12.5 Å². The maximum Gasteiger partial charge on any atom is 0.409 e. The van der Waals surface area contributed by atoms with Crippen LogP contribution in [0.2, 0.25) is 5.02 Å². The number of carbonyl (C=O) groups excluding carboxylic acids is 1. The summed E-state index contributed by atoms with van der Waals surface area (Å²) in [4.78, 5) is 12.8. The van der Waals surface area contributed by atoms with Gasteiger partial charge in [0.2, 0.25) is 0 Å². The molecule has 90 valence electrons. The molecule has 17 heavy (non-hydrogen) atoms. The number of halogens is 1. The average molecular weight is 253 g/mol. The van der Waals surface area contributed by atoms with Gasteiger partial charge < -0.3 is 9.64 Å². The first-order valence-electron chi connectivity index (χ1n) is 5.13. The number of benzene rings is 1. The highest BCUT2D eigenvalue weighted by Crippen LogP contribution is 2.15. The van der Waals surface area contributed by atoms with E-state index in [-0.39, 0.29) is 13.0 Å². The fourth-order valence-electron chi connectivity index (χ4n) is 1.17. The number of carbonyl (C=O) groups is 1. The molecule has 1 amide bonds. The molecule has 0 aliphatic heterocycles. The van der Waals surface area contributed by atoms with Crippen LogP contribution in [0.15, 0.2) is 24.3 Å². The Morgan fingerprint density at radius 2 is 2.24 bits per heavy atom. The second-order valence-electron chi connectivity index (χ2n) is 3.48. The summed E-state index contributed by atoms with van der Waals surface area (Å²) in [7, 11) is 1.59. The Bertz CT molecular complexity index is 429. The third kappa shape index (κ3) is 4.33. The van der Waals surface area contributed by atoms with Crippen LogP contribution in [0, 0.1) is 11.3 Å². The Morgan fingerprint density at radius 1 is 1.53 bits per heavy atom. The molecule has 0 saturated carbocycles. The first-order chi connectivity index (χ1) is 8.15. The van der Waals surface area contributed by atoms with E-state index >= 15 is 0 Å². The number of ether oxygens (including phenoxy) is 1. The largest absolute Gasteiger partial charge is 0.444 e. The highest BCUT2D eigenvalue weighted by Gasteiger charge is 2.10. The summed E-state index contributed by atoms with van der Waals surface area (Å²) in [6.07, 6.45) is -0.169. The fraction of sp³-hybridized carbons (Fsp3) is 0.333. The van der Waals surface area contributed by atoms with Gasteiger partial charge in [-0.05, 0) is 6.07 Å². The minimum Gasteiger partial charge on any atom is -0.444 e. The highest BCUT2D eigenvalue weighted by atomic mass is 35.5. The van der Waals surface area contributed by atoms with Crippen LogP contribution < -0.4 is 0 Å². The third-order valence-electron chi connectivity index (χ3n) is 2.18. The van der Waals surface area contributed by atoms with Gasteiger partial charge in [-0.2, -0.15) is 5.26 Å². The fourth-order valence-corrected chi connectivity index (χ4v) is 1.36. The Hall–Kier alpha value is -1.73. The molecule has 0 spiro atoms. The van der Waals surface area contributed by atoms with Crippen molar-refractivity contribution >= 4 is 17.7 Å². The van der Waals surface area contributed by atoms with E-state index in [0.29, 0.717) is 11.6 Å². The van der Waals surface area contributed by atoms with Crippen LogP contribution in [0.5, 0.6) is 0 Å². The van der Waals surface area contributed by atoms with E-state index < -0.39 is 6.09 Å². The van der Waals surface area contributed by atoms with Crippen LogP contribution in [0.4, 0.5) is 4.79 Å². The lowest BCUT2D eigenvalue weighted by Gasteiger charge is -2.15. The minimum atomic E-state index is -0.458. The van der Waals surface area contributed by atoms with Gasteiger partial charge in [0.15, 0.2) is 0 Å². The summed E-state index contributed by atoms with van der Waals surface area (Å²) in [5.41, 5.74) is 0.760. The lowest BCUT2D eigenvalue weighted by Crippen LogP contribution is -2.28. The summed E-state index contributed by atoms with van der Waals surface area (Å²) in [6, 6.07) is 9.14. The van der Waals surface area contributed by atoms with E-state index in [1.54, 1.807) is 19.2 Å². The second-order valence-corrected chi connectivity index (χ2v) is 3.88. The van der Waals surface area contributed by atoms with Gasteiger partial charge in [-0.25, -0.2) is 4.79 Å². The quantitative estimate of drug-likeness (QED) is 0.828. The predicted molar refractivity (Wildman–Crippen MR) is 64.5 cm³/mol. The Kier molecular flexibility index (Phi) is 5.31. The molecule has 0 atom stereocenters. The molecule has 0 bridgehead atoms. The molecule has 5 heteroatoms. The van der Waals surface area contributed by atoms with Crippen molar-refractivity contribution in [3.05, 3.63) is 34.9 Å². The zero-order chi connectivity index (χ0) is 12.7. The number of nitriles is 1. The van der Waals surface area contributed by atoms with E-state index in [1.165, 1.54) is 4.90 Å². The van der Waals surface area contributed by atoms with Gasteiger partial charge in [-0.3, -0.25) is 0 Å². The summed E-state index contributed by atoms with van der Waals surface area (Å²) in [6.45, 7) is 0.493. The standard InChI is InChI=1S/C12H13ClN2O2/c1-15(8-4-7-14)12(16)17-9-10-5-2-3-6-11(10)13/h2-3,5-6H,4,8-9H2,1H3. The molecule has 0 N–H and O–H groups in total. The van der Waals surface area contributed by atoms with E-state index in [4.69, 9.17) is 21.6 Å². The number of hydrogen-bond acceptors (Lipinski definition) is 3. The van der Waals surface area contributed by atoms with Gasteiger partial charge in [0.1, 0.15) is 6.61 Å². The van der Waals surface area contributed by atoms with Gasteiger partial charge in [-0.1, -0.05) is 29.8 Å². The van der Waals surface area contributed by atoms with Crippen LogP contribution in [-0.4, -0.2) is 24.6 Å². The van der Waals surface area contributed by atoms with Crippen molar-refractivity contribution in [1.29, 1.82) is 5.26 Å². The first kappa shape index (κ1) is 13.3. The molecule has 0 unspecified atom stereocenters. The van der Waals surface area contributed by atoms with E-state index in [1.807, 2.05) is 18.2 Å². The van der Waals surface area contributed by atoms with Crippen molar-refractivity contribution in [2.45, 2.75) is 13.0 Å². The summed E-state index contributed by atoms with van der Waals surface area (Å²) < 4.78 is 5.06. The maximum atomic E-state index is 11.5. The lowest BCUT2D eigenvalue weighted by atomic mass is 10.2. The van der Waals surface area contributed by atoms with Gasteiger partial charge in [-0.15, -0.1) is 0 Å². The van der Waals surface area contributed by atoms with Crippen molar-refractivity contribution < 1.29 is 9.53 Å². The average Bonchev–Trinajstić information content (AvgIpc) is 2.34. The molecule has 0 saturated heterocycles. The molecule has 4 nitrogen and oxygen atoms in total.